The zero-order valence-electron chi connectivity index (χ0n) is 12.7. The van der Waals surface area contributed by atoms with Gasteiger partial charge in [0, 0.05) is 24.7 Å². The molecule has 7 nitrogen and oxygen atoms in total. The third-order valence-corrected chi connectivity index (χ3v) is 4.20. The van der Waals surface area contributed by atoms with Gasteiger partial charge in [-0.25, -0.2) is 4.68 Å². The van der Waals surface area contributed by atoms with Crippen LogP contribution < -0.4 is 4.74 Å². The normalized spacial score (nSPS) is 17.8. The Labute approximate surface area is 132 Å². The maximum atomic E-state index is 12.7. The van der Waals surface area contributed by atoms with Gasteiger partial charge >= 0.3 is 0 Å². The summed E-state index contributed by atoms with van der Waals surface area (Å²) >= 11 is 0. The van der Waals surface area contributed by atoms with E-state index in [4.69, 9.17) is 9.15 Å². The number of aromatic nitrogens is 3. The lowest BCUT2D eigenvalue weighted by Gasteiger charge is -2.14. The quantitative estimate of drug-likeness (QED) is 0.740. The van der Waals surface area contributed by atoms with E-state index in [1.807, 2.05) is 24.4 Å². The van der Waals surface area contributed by atoms with Crippen molar-refractivity contribution in [2.24, 2.45) is 0 Å². The molecule has 0 saturated carbocycles. The molecular weight excluding hydrogens is 296 g/mol. The van der Waals surface area contributed by atoms with Gasteiger partial charge in [0.25, 0.3) is 5.91 Å². The lowest BCUT2D eigenvalue weighted by Crippen LogP contribution is -2.28. The minimum atomic E-state index is -0.106. The van der Waals surface area contributed by atoms with E-state index in [1.54, 1.807) is 29.0 Å². The van der Waals surface area contributed by atoms with Crippen molar-refractivity contribution in [1.82, 2.24) is 19.9 Å². The predicted octanol–water partition coefficient (Wildman–Crippen LogP) is 2.12. The summed E-state index contributed by atoms with van der Waals surface area (Å²) < 4.78 is 12.8. The van der Waals surface area contributed by atoms with Crippen molar-refractivity contribution >= 4 is 16.9 Å². The molecule has 1 saturated heterocycles. The van der Waals surface area contributed by atoms with E-state index in [0.717, 1.165) is 11.8 Å². The summed E-state index contributed by atoms with van der Waals surface area (Å²) in [5.74, 6) is 0.859. The van der Waals surface area contributed by atoms with Crippen LogP contribution in [0.2, 0.25) is 0 Å². The standard InChI is InChI=1S/C16H16N4O3/c1-22-13-4-2-3-11-9-14(23-15(11)13)16(21)19-7-5-12(10-19)20-8-6-17-18-20/h2-4,6,8-9,12H,5,7,10H2,1H3. The first kappa shape index (κ1) is 13.8. The Balaban J connectivity index is 1.58. The Hall–Kier alpha value is -2.83. The summed E-state index contributed by atoms with van der Waals surface area (Å²) in [6.07, 6.45) is 4.33. The van der Waals surface area contributed by atoms with Crippen LogP contribution in [0.5, 0.6) is 5.75 Å². The number of likely N-dealkylation sites (tertiary alicyclic amines) is 1. The van der Waals surface area contributed by atoms with Gasteiger partial charge in [-0.1, -0.05) is 17.3 Å². The first-order chi connectivity index (χ1) is 11.3. The van der Waals surface area contributed by atoms with Gasteiger partial charge in [0.15, 0.2) is 17.1 Å². The number of methoxy groups -OCH3 is 1. The molecule has 1 aliphatic heterocycles. The second kappa shape index (κ2) is 5.42. The summed E-state index contributed by atoms with van der Waals surface area (Å²) in [7, 11) is 1.59. The molecule has 0 spiro atoms. The molecule has 118 valence electrons. The molecule has 4 rings (SSSR count). The fraction of sp³-hybridized carbons (Fsp3) is 0.312. The van der Waals surface area contributed by atoms with Gasteiger partial charge in [-0.05, 0) is 18.6 Å². The lowest BCUT2D eigenvalue weighted by atomic mass is 10.2. The monoisotopic (exact) mass is 312 g/mol. The van der Waals surface area contributed by atoms with Crippen LogP contribution in [0.1, 0.15) is 23.0 Å². The first-order valence-corrected chi connectivity index (χ1v) is 7.48. The van der Waals surface area contributed by atoms with E-state index in [1.165, 1.54) is 0 Å². The third-order valence-electron chi connectivity index (χ3n) is 4.20. The molecule has 1 atom stereocenters. The fourth-order valence-corrected chi connectivity index (χ4v) is 3.01. The summed E-state index contributed by atoms with van der Waals surface area (Å²) in [6, 6.07) is 7.53. The molecule has 0 bridgehead atoms. The van der Waals surface area contributed by atoms with Crippen LogP contribution in [0.3, 0.4) is 0 Å². The number of hydrogen-bond donors (Lipinski definition) is 0. The number of ether oxygens (including phenoxy) is 1. The maximum absolute atomic E-state index is 12.7. The van der Waals surface area contributed by atoms with Crippen LogP contribution in [0, 0.1) is 0 Å². The van der Waals surface area contributed by atoms with Crippen molar-refractivity contribution in [3.05, 3.63) is 42.4 Å². The molecule has 1 amide bonds. The first-order valence-electron chi connectivity index (χ1n) is 7.48. The largest absolute Gasteiger partial charge is 0.493 e. The van der Waals surface area contributed by atoms with Crippen molar-refractivity contribution < 1.29 is 13.9 Å². The van der Waals surface area contributed by atoms with E-state index < -0.39 is 0 Å². The highest BCUT2D eigenvalue weighted by Crippen LogP contribution is 2.30. The average Bonchev–Trinajstić information content (AvgIpc) is 3.32. The number of furan rings is 1. The molecule has 1 aromatic carbocycles. The van der Waals surface area contributed by atoms with Crippen LogP contribution in [0.4, 0.5) is 0 Å². The summed E-state index contributed by atoms with van der Waals surface area (Å²) in [6.45, 7) is 1.29. The Bertz CT molecular complexity index is 840. The second-order valence-electron chi connectivity index (χ2n) is 5.57. The minimum Gasteiger partial charge on any atom is -0.493 e. The van der Waals surface area contributed by atoms with E-state index in [9.17, 15) is 4.79 Å². The number of fused-ring (bicyclic) bond motifs is 1. The Morgan fingerprint density at radius 2 is 2.35 bits per heavy atom. The zero-order chi connectivity index (χ0) is 15.8. The van der Waals surface area contributed by atoms with Crippen molar-refractivity contribution in [2.75, 3.05) is 20.2 Å². The SMILES string of the molecule is COc1cccc2cc(C(=O)N3CCC(n4ccnn4)C3)oc12. The topological polar surface area (TPSA) is 73.4 Å². The minimum absolute atomic E-state index is 0.106. The molecule has 1 fully saturated rings. The smallest absolute Gasteiger partial charge is 0.289 e. The molecule has 0 aliphatic carbocycles. The van der Waals surface area contributed by atoms with Crippen LogP contribution in [-0.4, -0.2) is 46.0 Å². The lowest BCUT2D eigenvalue weighted by molar-refractivity contribution is 0.0757. The summed E-state index contributed by atoms with van der Waals surface area (Å²) in [5.41, 5.74) is 0.602. The van der Waals surface area contributed by atoms with Crippen molar-refractivity contribution in [3.8, 4) is 5.75 Å². The average molecular weight is 312 g/mol. The highest BCUT2D eigenvalue weighted by molar-refractivity contribution is 5.97. The number of amides is 1. The van der Waals surface area contributed by atoms with Gasteiger partial charge in [0.05, 0.1) is 19.3 Å². The van der Waals surface area contributed by atoms with Crippen molar-refractivity contribution in [2.45, 2.75) is 12.5 Å². The highest BCUT2D eigenvalue weighted by atomic mass is 16.5. The van der Waals surface area contributed by atoms with Gasteiger partial charge in [0.2, 0.25) is 0 Å². The molecule has 0 radical (unpaired) electrons. The summed E-state index contributed by atoms with van der Waals surface area (Å²) in [4.78, 5) is 14.5. The number of benzene rings is 1. The molecule has 3 heterocycles. The van der Waals surface area contributed by atoms with E-state index in [0.29, 0.717) is 30.2 Å². The van der Waals surface area contributed by atoms with Crippen LogP contribution in [0.15, 0.2) is 41.1 Å². The Morgan fingerprint density at radius 3 is 3.13 bits per heavy atom. The van der Waals surface area contributed by atoms with Crippen LogP contribution >= 0.6 is 0 Å². The molecule has 1 unspecified atom stereocenters. The molecule has 2 aromatic heterocycles. The second-order valence-corrected chi connectivity index (χ2v) is 5.57. The molecule has 0 N–H and O–H groups in total. The van der Waals surface area contributed by atoms with E-state index in [2.05, 4.69) is 10.3 Å². The number of carbonyl (C=O) groups excluding carboxylic acids is 1. The van der Waals surface area contributed by atoms with Crippen molar-refractivity contribution in [1.29, 1.82) is 0 Å². The van der Waals surface area contributed by atoms with Gasteiger partial charge < -0.3 is 14.1 Å². The number of hydrogen-bond acceptors (Lipinski definition) is 5. The fourth-order valence-electron chi connectivity index (χ4n) is 3.01. The number of rotatable bonds is 3. The molecule has 3 aromatic rings. The Kier molecular flexibility index (Phi) is 3.25. The molecule has 1 aliphatic rings. The third kappa shape index (κ3) is 2.34. The van der Waals surface area contributed by atoms with Gasteiger partial charge in [-0.2, -0.15) is 0 Å². The predicted molar refractivity (Wildman–Crippen MR) is 82.3 cm³/mol. The number of nitrogens with zero attached hydrogens (tertiary/aromatic N) is 4. The zero-order valence-corrected chi connectivity index (χ0v) is 12.7. The molecule has 7 heteroatoms. The van der Waals surface area contributed by atoms with Crippen LogP contribution in [-0.2, 0) is 0 Å². The maximum Gasteiger partial charge on any atom is 0.289 e. The number of carbonyl (C=O) groups is 1. The van der Waals surface area contributed by atoms with Gasteiger partial charge in [-0.15, -0.1) is 5.10 Å². The number of para-hydroxylation sites is 1. The highest BCUT2D eigenvalue weighted by Gasteiger charge is 2.30. The van der Waals surface area contributed by atoms with E-state index in [-0.39, 0.29) is 11.9 Å². The molecule has 23 heavy (non-hydrogen) atoms. The van der Waals surface area contributed by atoms with Gasteiger partial charge in [-0.3, -0.25) is 4.79 Å². The van der Waals surface area contributed by atoms with E-state index >= 15 is 0 Å². The molecular formula is C16H16N4O3. The van der Waals surface area contributed by atoms with Crippen molar-refractivity contribution in [3.63, 3.8) is 0 Å². The van der Waals surface area contributed by atoms with Crippen LogP contribution in [0.25, 0.3) is 11.0 Å². The summed E-state index contributed by atoms with van der Waals surface area (Å²) in [5, 5.41) is 8.69. The van der Waals surface area contributed by atoms with Gasteiger partial charge in [0.1, 0.15) is 0 Å². The Morgan fingerprint density at radius 1 is 1.43 bits per heavy atom.